The zero-order chi connectivity index (χ0) is 15.1. The minimum atomic E-state index is -0.833. The molecule has 1 aromatic rings. The van der Waals surface area contributed by atoms with Crippen LogP contribution in [-0.4, -0.2) is 27.1 Å². The van der Waals surface area contributed by atoms with Crippen LogP contribution in [0, 0.1) is 10.1 Å². The molecule has 8 nitrogen and oxygen atoms in total. The fourth-order valence-corrected chi connectivity index (χ4v) is 1.85. The molecule has 1 aromatic heterocycles. The summed E-state index contributed by atoms with van der Waals surface area (Å²) in [4.78, 5) is 34.0. The number of hydrogen-bond donors (Lipinski definition) is 1. The number of aromatic nitrogens is 2. The van der Waals surface area contributed by atoms with Crippen LogP contribution >= 0.6 is 0 Å². The summed E-state index contributed by atoms with van der Waals surface area (Å²) in [5.74, 6) is 0. The lowest BCUT2D eigenvalue weighted by Gasteiger charge is -2.08. The predicted octanol–water partition coefficient (Wildman–Crippen LogP) is 0.328. The molecule has 0 amide bonds. The molecule has 0 aliphatic rings. The Kier molecular flexibility index (Phi) is 6.10. The van der Waals surface area contributed by atoms with Crippen molar-refractivity contribution in [2.75, 3.05) is 13.1 Å². The van der Waals surface area contributed by atoms with Crippen LogP contribution in [0.25, 0.3) is 0 Å². The molecule has 8 heteroatoms. The normalized spacial score (nSPS) is 10.7. The van der Waals surface area contributed by atoms with Gasteiger partial charge < -0.3 is 5.32 Å². The Morgan fingerprint density at radius 2 is 2.00 bits per heavy atom. The molecule has 0 aromatic carbocycles. The van der Waals surface area contributed by atoms with E-state index >= 15 is 0 Å². The van der Waals surface area contributed by atoms with Crippen LogP contribution < -0.4 is 16.6 Å². The van der Waals surface area contributed by atoms with E-state index in [1.165, 1.54) is 4.57 Å². The van der Waals surface area contributed by atoms with Crippen LogP contribution in [0.1, 0.15) is 26.7 Å². The van der Waals surface area contributed by atoms with Crippen LogP contribution in [0.5, 0.6) is 0 Å². The minimum absolute atomic E-state index is 0.177. The van der Waals surface area contributed by atoms with Crippen molar-refractivity contribution in [1.29, 1.82) is 0 Å². The highest BCUT2D eigenvalue weighted by molar-refractivity contribution is 5.21. The molecule has 0 aliphatic heterocycles. The average Bonchev–Trinajstić information content (AvgIpc) is 2.41. The monoisotopic (exact) mass is 284 g/mol. The van der Waals surface area contributed by atoms with Crippen LogP contribution in [0.3, 0.4) is 0 Å². The van der Waals surface area contributed by atoms with E-state index in [1.807, 2.05) is 6.92 Å². The number of hydrogen-bond acceptors (Lipinski definition) is 5. The maximum atomic E-state index is 12.0. The third-order valence-electron chi connectivity index (χ3n) is 2.92. The topological polar surface area (TPSA) is 99.2 Å². The predicted molar refractivity (Wildman–Crippen MR) is 75.1 cm³/mol. The number of rotatable bonds is 8. The summed E-state index contributed by atoms with van der Waals surface area (Å²) in [6.07, 6.45) is 2.58. The van der Waals surface area contributed by atoms with E-state index in [0.717, 1.165) is 23.7 Å². The van der Waals surface area contributed by atoms with Crippen molar-refractivity contribution in [1.82, 2.24) is 14.5 Å². The molecule has 112 valence electrons. The molecule has 1 heterocycles. The van der Waals surface area contributed by atoms with Gasteiger partial charge in [-0.3, -0.25) is 24.0 Å². The SMILES string of the molecule is CCCNCCCn1c(=O)c([N+](=O)[O-])cn(CC)c1=O. The Hall–Kier alpha value is -1.96. The molecule has 0 atom stereocenters. The maximum Gasteiger partial charge on any atom is 0.350 e. The summed E-state index contributed by atoms with van der Waals surface area (Å²) in [5.41, 5.74) is -1.90. The van der Waals surface area contributed by atoms with Gasteiger partial charge in [-0.05, 0) is 32.9 Å². The Balaban J connectivity index is 2.99. The summed E-state index contributed by atoms with van der Waals surface area (Å²) in [6.45, 7) is 5.72. The molecule has 0 unspecified atom stereocenters. The highest BCUT2D eigenvalue weighted by atomic mass is 16.6. The number of nitro groups is 1. The van der Waals surface area contributed by atoms with E-state index in [0.29, 0.717) is 13.0 Å². The lowest BCUT2D eigenvalue weighted by Crippen LogP contribution is -2.40. The molecule has 1 N–H and O–H groups in total. The highest BCUT2D eigenvalue weighted by Crippen LogP contribution is 2.00. The minimum Gasteiger partial charge on any atom is -0.317 e. The molecule has 0 saturated heterocycles. The zero-order valence-electron chi connectivity index (χ0n) is 11.8. The van der Waals surface area contributed by atoms with Gasteiger partial charge in [0.1, 0.15) is 0 Å². The standard InChI is InChI=1S/C12H20N4O4/c1-3-6-13-7-5-8-15-11(17)10(16(19)20)9-14(4-2)12(15)18/h9,13H,3-8H2,1-2H3. The van der Waals surface area contributed by atoms with E-state index in [9.17, 15) is 19.7 Å². The van der Waals surface area contributed by atoms with Crippen molar-refractivity contribution < 1.29 is 4.92 Å². The van der Waals surface area contributed by atoms with E-state index in [1.54, 1.807) is 6.92 Å². The first-order chi connectivity index (χ1) is 9.52. The first-order valence-corrected chi connectivity index (χ1v) is 6.72. The largest absolute Gasteiger partial charge is 0.350 e. The Labute approximate surface area is 116 Å². The smallest absolute Gasteiger partial charge is 0.317 e. The molecule has 1 rings (SSSR count). The molecule has 0 radical (unpaired) electrons. The molecule has 20 heavy (non-hydrogen) atoms. The quantitative estimate of drug-likeness (QED) is 0.421. The lowest BCUT2D eigenvalue weighted by atomic mass is 10.4. The van der Waals surface area contributed by atoms with E-state index in [2.05, 4.69) is 5.32 Å². The lowest BCUT2D eigenvalue weighted by molar-refractivity contribution is -0.387. The summed E-state index contributed by atoms with van der Waals surface area (Å²) in [7, 11) is 0. The molecular formula is C12H20N4O4. The summed E-state index contributed by atoms with van der Waals surface area (Å²) < 4.78 is 2.12. The van der Waals surface area contributed by atoms with Crippen molar-refractivity contribution in [3.8, 4) is 0 Å². The summed E-state index contributed by atoms with van der Waals surface area (Å²) >= 11 is 0. The first-order valence-electron chi connectivity index (χ1n) is 6.72. The molecular weight excluding hydrogens is 264 g/mol. The van der Waals surface area contributed by atoms with E-state index in [-0.39, 0.29) is 13.1 Å². The Morgan fingerprint density at radius 1 is 1.30 bits per heavy atom. The third-order valence-corrected chi connectivity index (χ3v) is 2.92. The van der Waals surface area contributed by atoms with Gasteiger partial charge in [-0.2, -0.15) is 0 Å². The van der Waals surface area contributed by atoms with Crippen molar-refractivity contribution in [2.45, 2.75) is 39.8 Å². The first kappa shape index (κ1) is 16.1. The number of aryl methyl sites for hydroxylation is 1. The van der Waals surface area contributed by atoms with Crippen LogP contribution in [0.2, 0.25) is 0 Å². The van der Waals surface area contributed by atoms with Gasteiger partial charge in [0.25, 0.3) is 0 Å². The molecule has 0 bridgehead atoms. The second-order valence-electron chi connectivity index (χ2n) is 4.40. The van der Waals surface area contributed by atoms with Crippen molar-refractivity contribution in [2.24, 2.45) is 0 Å². The molecule has 0 fully saturated rings. The average molecular weight is 284 g/mol. The zero-order valence-corrected chi connectivity index (χ0v) is 11.8. The van der Waals surface area contributed by atoms with Crippen LogP contribution in [0.4, 0.5) is 5.69 Å². The molecule has 0 saturated carbocycles. The third kappa shape index (κ3) is 3.77. The van der Waals surface area contributed by atoms with Gasteiger partial charge in [0, 0.05) is 13.1 Å². The number of nitrogens with zero attached hydrogens (tertiary/aromatic N) is 3. The molecule has 0 spiro atoms. The maximum absolute atomic E-state index is 12.0. The van der Waals surface area contributed by atoms with Crippen LogP contribution in [0.15, 0.2) is 15.8 Å². The van der Waals surface area contributed by atoms with Gasteiger partial charge in [0.2, 0.25) is 0 Å². The van der Waals surface area contributed by atoms with Gasteiger partial charge in [-0.25, -0.2) is 4.79 Å². The summed E-state index contributed by atoms with van der Waals surface area (Å²) in [6, 6.07) is 0. The fourth-order valence-electron chi connectivity index (χ4n) is 1.85. The Bertz CT molecular complexity index is 576. The van der Waals surface area contributed by atoms with Gasteiger partial charge in [-0.1, -0.05) is 6.92 Å². The fraction of sp³-hybridized carbons (Fsp3) is 0.667. The van der Waals surface area contributed by atoms with E-state index < -0.39 is 21.9 Å². The van der Waals surface area contributed by atoms with Gasteiger partial charge in [0.15, 0.2) is 0 Å². The second-order valence-corrected chi connectivity index (χ2v) is 4.40. The van der Waals surface area contributed by atoms with Gasteiger partial charge in [-0.15, -0.1) is 0 Å². The summed E-state index contributed by atoms with van der Waals surface area (Å²) in [5, 5.41) is 14.0. The highest BCUT2D eigenvalue weighted by Gasteiger charge is 2.18. The Morgan fingerprint density at radius 3 is 2.55 bits per heavy atom. The van der Waals surface area contributed by atoms with Gasteiger partial charge >= 0.3 is 16.9 Å². The molecule has 0 aliphatic carbocycles. The van der Waals surface area contributed by atoms with Crippen LogP contribution in [-0.2, 0) is 13.1 Å². The van der Waals surface area contributed by atoms with Crippen molar-refractivity contribution in [3.63, 3.8) is 0 Å². The number of nitrogens with one attached hydrogen (secondary N) is 1. The second kappa shape index (κ2) is 7.59. The van der Waals surface area contributed by atoms with E-state index in [4.69, 9.17) is 0 Å². The van der Waals surface area contributed by atoms with Gasteiger partial charge in [0.05, 0.1) is 11.1 Å². The van der Waals surface area contributed by atoms with Crippen molar-refractivity contribution >= 4 is 5.69 Å². The van der Waals surface area contributed by atoms with Crippen molar-refractivity contribution in [3.05, 3.63) is 37.1 Å².